The Bertz CT molecular complexity index is 648. The van der Waals surface area contributed by atoms with Crippen molar-refractivity contribution in [2.45, 2.75) is 12.5 Å². The van der Waals surface area contributed by atoms with Gasteiger partial charge >= 0.3 is 5.97 Å². The smallest absolute Gasteiger partial charge is 0.337 e. The zero-order chi connectivity index (χ0) is 15.5. The molecule has 1 N–H and O–H groups in total. The lowest BCUT2D eigenvalue weighted by Gasteiger charge is -2.28. The molecule has 1 heterocycles. The summed E-state index contributed by atoms with van der Waals surface area (Å²) in [5.74, 6) is -0.977. The maximum Gasteiger partial charge on any atom is 0.337 e. The number of halogens is 2. The van der Waals surface area contributed by atoms with Crippen LogP contribution < -0.4 is 5.32 Å². The van der Waals surface area contributed by atoms with E-state index in [4.69, 9.17) is 4.74 Å². The average Bonchev–Trinajstić information content (AvgIpc) is 2.46. The Hall–Kier alpha value is -1.95. The summed E-state index contributed by atoms with van der Waals surface area (Å²) >= 11 is 3.37. The molecular formula is C15H14BrFN2O2. The van der Waals surface area contributed by atoms with Gasteiger partial charge in [0.15, 0.2) is 5.54 Å². The van der Waals surface area contributed by atoms with Crippen LogP contribution in [-0.2, 0) is 15.1 Å². The Morgan fingerprint density at radius 2 is 2.14 bits per heavy atom. The maximum absolute atomic E-state index is 13.0. The predicted molar refractivity (Wildman–Crippen MR) is 81.3 cm³/mol. The van der Waals surface area contributed by atoms with E-state index in [1.54, 1.807) is 6.92 Å². The van der Waals surface area contributed by atoms with Crippen LogP contribution in [0.15, 0.2) is 47.1 Å². The zero-order valence-corrected chi connectivity index (χ0v) is 13.1. The highest BCUT2D eigenvalue weighted by Crippen LogP contribution is 2.27. The van der Waals surface area contributed by atoms with E-state index in [-0.39, 0.29) is 0 Å². The van der Waals surface area contributed by atoms with Crippen molar-refractivity contribution in [2.75, 3.05) is 12.4 Å². The van der Waals surface area contributed by atoms with E-state index in [0.717, 1.165) is 10.7 Å². The lowest BCUT2D eigenvalue weighted by molar-refractivity contribution is -0.145. The fourth-order valence-electron chi connectivity index (χ4n) is 1.95. The standard InChI is InChI=1S/C15H14BrFN2O2/c1-15(14(20)21-2,13-7-6-11(17)9-18-13)19-12-5-3-4-10(16)8-12/h3-9,19H,1-2H3. The molecule has 0 radical (unpaired) electrons. The summed E-state index contributed by atoms with van der Waals surface area (Å²) in [7, 11) is 1.30. The average molecular weight is 353 g/mol. The van der Waals surface area contributed by atoms with Gasteiger partial charge in [-0.05, 0) is 37.3 Å². The molecule has 2 aromatic rings. The Labute approximate surface area is 130 Å². The van der Waals surface area contributed by atoms with Crippen LogP contribution in [0, 0.1) is 5.82 Å². The van der Waals surface area contributed by atoms with Gasteiger partial charge in [-0.1, -0.05) is 22.0 Å². The number of anilines is 1. The first kappa shape index (κ1) is 15.4. The lowest BCUT2D eigenvalue weighted by atomic mass is 9.96. The third-order valence-electron chi connectivity index (χ3n) is 3.05. The number of aromatic nitrogens is 1. The minimum atomic E-state index is -1.22. The number of pyridine rings is 1. The molecule has 110 valence electrons. The van der Waals surface area contributed by atoms with Crippen molar-refractivity contribution >= 4 is 27.6 Å². The van der Waals surface area contributed by atoms with Crippen molar-refractivity contribution in [1.82, 2.24) is 4.98 Å². The fourth-order valence-corrected chi connectivity index (χ4v) is 2.35. The summed E-state index contributed by atoms with van der Waals surface area (Å²) in [5.41, 5.74) is -0.136. The highest BCUT2D eigenvalue weighted by Gasteiger charge is 2.38. The van der Waals surface area contributed by atoms with Gasteiger partial charge in [-0.2, -0.15) is 0 Å². The summed E-state index contributed by atoms with van der Waals surface area (Å²) < 4.78 is 18.8. The number of rotatable bonds is 4. The Kier molecular flexibility index (Phi) is 4.57. The second-order valence-electron chi connectivity index (χ2n) is 4.61. The van der Waals surface area contributed by atoms with Crippen LogP contribution in [0.5, 0.6) is 0 Å². The van der Waals surface area contributed by atoms with E-state index in [1.807, 2.05) is 24.3 Å². The Morgan fingerprint density at radius 3 is 2.71 bits per heavy atom. The van der Waals surface area contributed by atoms with Gasteiger partial charge in [0.05, 0.1) is 19.0 Å². The molecule has 4 nitrogen and oxygen atoms in total. The predicted octanol–water partition coefficient (Wildman–Crippen LogP) is 3.48. The molecule has 0 aliphatic heterocycles. The van der Waals surface area contributed by atoms with Gasteiger partial charge in [-0.15, -0.1) is 0 Å². The van der Waals surface area contributed by atoms with E-state index < -0.39 is 17.3 Å². The number of carbonyl (C=O) groups is 1. The molecule has 0 saturated heterocycles. The molecule has 0 saturated carbocycles. The number of nitrogens with one attached hydrogen (secondary N) is 1. The molecule has 6 heteroatoms. The van der Waals surface area contributed by atoms with Gasteiger partial charge < -0.3 is 10.1 Å². The molecule has 0 aliphatic carbocycles. The molecule has 2 rings (SSSR count). The number of benzene rings is 1. The fraction of sp³-hybridized carbons (Fsp3) is 0.200. The molecule has 0 spiro atoms. The van der Waals surface area contributed by atoms with Gasteiger partial charge in [0.2, 0.25) is 0 Å². The van der Waals surface area contributed by atoms with Gasteiger partial charge in [0.25, 0.3) is 0 Å². The zero-order valence-electron chi connectivity index (χ0n) is 11.6. The third kappa shape index (κ3) is 3.39. The first-order chi connectivity index (χ1) is 9.95. The number of ether oxygens (including phenoxy) is 1. The number of hydrogen-bond donors (Lipinski definition) is 1. The number of carbonyl (C=O) groups excluding carboxylic acids is 1. The highest BCUT2D eigenvalue weighted by atomic mass is 79.9. The Balaban J connectivity index is 2.42. The van der Waals surface area contributed by atoms with Crippen molar-refractivity contribution in [3.05, 3.63) is 58.6 Å². The summed E-state index contributed by atoms with van der Waals surface area (Å²) in [6, 6.07) is 10.1. The summed E-state index contributed by atoms with van der Waals surface area (Å²) in [6.07, 6.45) is 1.07. The second kappa shape index (κ2) is 6.22. The van der Waals surface area contributed by atoms with Crippen LogP contribution in [0.4, 0.5) is 10.1 Å². The molecule has 0 aliphatic rings. The minimum Gasteiger partial charge on any atom is -0.467 e. The molecule has 0 fully saturated rings. The van der Waals surface area contributed by atoms with Crippen LogP contribution in [0.3, 0.4) is 0 Å². The second-order valence-corrected chi connectivity index (χ2v) is 5.53. The summed E-state index contributed by atoms with van der Waals surface area (Å²) in [5, 5.41) is 3.09. The molecule has 1 aromatic carbocycles. The van der Waals surface area contributed by atoms with Gasteiger partial charge in [0, 0.05) is 10.2 Å². The molecule has 1 aromatic heterocycles. The van der Waals surface area contributed by atoms with Crippen LogP contribution in [0.2, 0.25) is 0 Å². The van der Waals surface area contributed by atoms with E-state index in [1.165, 1.54) is 19.2 Å². The largest absolute Gasteiger partial charge is 0.467 e. The highest BCUT2D eigenvalue weighted by molar-refractivity contribution is 9.10. The van der Waals surface area contributed by atoms with E-state index in [2.05, 4.69) is 26.2 Å². The quantitative estimate of drug-likeness (QED) is 0.855. The van der Waals surface area contributed by atoms with Crippen molar-refractivity contribution < 1.29 is 13.9 Å². The monoisotopic (exact) mass is 352 g/mol. The number of esters is 1. The van der Waals surface area contributed by atoms with E-state index >= 15 is 0 Å². The van der Waals surface area contributed by atoms with Crippen LogP contribution in [-0.4, -0.2) is 18.1 Å². The minimum absolute atomic E-state index is 0.371. The molecule has 21 heavy (non-hydrogen) atoms. The van der Waals surface area contributed by atoms with Crippen molar-refractivity contribution in [3.63, 3.8) is 0 Å². The van der Waals surface area contributed by atoms with Crippen LogP contribution >= 0.6 is 15.9 Å². The number of nitrogens with zero attached hydrogens (tertiary/aromatic N) is 1. The SMILES string of the molecule is COC(=O)C(C)(Nc1cccc(Br)c1)c1ccc(F)cn1. The van der Waals surface area contributed by atoms with Gasteiger partial charge in [-0.3, -0.25) is 4.98 Å². The summed E-state index contributed by atoms with van der Waals surface area (Å²) in [6.45, 7) is 1.64. The lowest BCUT2D eigenvalue weighted by Crippen LogP contribution is -2.42. The molecule has 0 amide bonds. The third-order valence-corrected chi connectivity index (χ3v) is 3.55. The maximum atomic E-state index is 13.0. The molecule has 1 atom stereocenters. The topological polar surface area (TPSA) is 51.2 Å². The molecule has 0 bridgehead atoms. The number of methoxy groups -OCH3 is 1. The van der Waals surface area contributed by atoms with Crippen molar-refractivity contribution in [1.29, 1.82) is 0 Å². The van der Waals surface area contributed by atoms with E-state index in [9.17, 15) is 9.18 Å². The van der Waals surface area contributed by atoms with Crippen LogP contribution in [0.1, 0.15) is 12.6 Å². The number of hydrogen-bond acceptors (Lipinski definition) is 4. The molecule has 1 unspecified atom stereocenters. The van der Waals surface area contributed by atoms with Gasteiger partial charge in [0.1, 0.15) is 5.82 Å². The first-order valence-electron chi connectivity index (χ1n) is 6.20. The Morgan fingerprint density at radius 1 is 1.38 bits per heavy atom. The van der Waals surface area contributed by atoms with Crippen molar-refractivity contribution in [3.8, 4) is 0 Å². The first-order valence-corrected chi connectivity index (χ1v) is 6.99. The normalized spacial score (nSPS) is 13.3. The van der Waals surface area contributed by atoms with E-state index in [0.29, 0.717) is 11.4 Å². The summed E-state index contributed by atoms with van der Waals surface area (Å²) in [4.78, 5) is 16.2. The van der Waals surface area contributed by atoms with Crippen molar-refractivity contribution in [2.24, 2.45) is 0 Å². The molecular weight excluding hydrogens is 339 g/mol. The van der Waals surface area contributed by atoms with Crippen LogP contribution in [0.25, 0.3) is 0 Å². The van der Waals surface area contributed by atoms with Gasteiger partial charge in [-0.25, -0.2) is 9.18 Å².